The molecule has 1 aromatic rings. The van der Waals surface area contributed by atoms with Gasteiger partial charge in [-0.3, -0.25) is 19.2 Å². The van der Waals surface area contributed by atoms with Crippen molar-refractivity contribution in [2.75, 3.05) is 65.1 Å². The monoisotopic (exact) mass is 1240 g/mol. The molecule has 1 aromatic heterocycles. The van der Waals surface area contributed by atoms with Crippen molar-refractivity contribution in [3.05, 3.63) is 65.6 Å². The fourth-order valence-electron chi connectivity index (χ4n) is 12.6. The predicted molar refractivity (Wildman–Crippen MR) is 328 cm³/mol. The summed E-state index contributed by atoms with van der Waals surface area (Å²) in [6.07, 6.45) is 10.9. The molecule has 3 saturated heterocycles. The third-order valence-electron chi connectivity index (χ3n) is 18.3. The number of piperazine rings is 1. The first-order valence-electron chi connectivity index (χ1n) is 31.9. The number of anilines is 1. The Hall–Kier alpha value is -5.50. The first kappa shape index (κ1) is 71.6. The van der Waals surface area contributed by atoms with Crippen LogP contribution in [0.2, 0.25) is 0 Å². The maximum atomic E-state index is 14.6. The summed E-state index contributed by atoms with van der Waals surface area (Å²) in [4.78, 5) is 96.9. The van der Waals surface area contributed by atoms with E-state index in [-0.39, 0.29) is 62.1 Å². The number of fused-ring (bicyclic) bond motifs is 3. The number of nitrogens with two attached hydrogens (primary N) is 1. The smallest absolute Gasteiger partial charge is 0.407 e. The van der Waals surface area contributed by atoms with E-state index in [1.807, 2.05) is 61.0 Å². The molecule has 23 nitrogen and oxygen atoms in total. The van der Waals surface area contributed by atoms with E-state index in [0.717, 1.165) is 16.9 Å². The van der Waals surface area contributed by atoms with Crippen LogP contribution >= 0.6 is 0 Å². The van der Waals surface area contributed by atoms with Crippen LogP contribution in [0.5, 0.6) is 0 Å². The molecule has 2 bridgehead atoms. The Morgan fingerprint density at radius 3 is 2.25 bits per heavy atom. The van der Waals surface area contributed by atoms with Crippen LogP contribution in [0.15, 0.2) is 60.0 Å². The van der Waals surface area contributed by atoms with Gasteiger partial charge in [0.1, 0.15) is 30.5 Å². The standard InChI is InChI=1S/C65H101N7O16/c1-10-29-85-30-23-56(74)70-25-27-71(28-26-70)63-67-37-47(38-68-63)39-69-64(81)87-52-22-20-46(34-55(52)84-9)33-49(66)54-36-51(73)42(4)32-44(6)58(76)59(77)57(75)43(5)31-40(2)16-12-11-13-17-41(3)53(83-8)35-48-21-19-45(7)65(82,88-48)60(78)61(79)72-24-15-14-18-50(72)62(80)86-54/h11-13,16-17,32,37-38,40,42-43,45-46,48-55,58-59,73,76-77,82H,10,14-15,18-31,33-36,39,66H2,1-9H3,(H,69,81)/b13-11+,16-12+,41-17+,44-32+/t40-,42-,43-,45-,46?,48+,49-,50+,51-,52-,53+,54+,55-,58-,59+,65-/m1/s1. The fourth-order valence-corrected chi connectivity index (χ4v) is 12.6. The van der Waals surface area contributed by atoms with E-state index < -0.39 is 114 Å². The number of cyclic esters (lactones) is 1. The summed E-state index contributed by atoms with van der Waals surface area (Å²) in [5, 5.41) is 49.2. The second-order valence-electron chi connectivity index (χ2n) is 25.1. The number of ketones is 2. The van der Waals surface area contributed by atoms with E-state index in [1.54, 1.807) is 53.3 Å². The summed E-state index contributed by atoms with van der Waals surface area (Å²) in [7, 11) is 3.08. The lowest BCUT2D eigenvalue weighted by molar-refractivity contribution is -0.265. The molecule has 88 heavy (non-hydrogen) atoms. The van der Waals surface area contributed by atoms with Crippen molar-refractivity contribution in [1.82, 2.24) is 25.1 Å². The molecule has 5 heterocycles. The molecule has 4 fully saturated rings. The molecule has 5 aliphatic rings. The number of aliphatic hydroxyl groups excluding tert-OH is 3. The van der Waals surface area contributed by atoms with E-state index in [1.165, 1.54) is 7.11 Å². The van der Waals surface area contributed by atoms with Crippen molar-refractivity contribution in [2.24, 2.45) is 35.3 Å². The molecular formula is C65H101N7O16. The minimum Gasteiger partial charge on any atom is -0.459 e. The number of carbonyl (C=O) groups is 6. The maximum absolute atomic E-state index is 14.6. The zero-order valence-corrected chi connectivity index (χ0v) is 53.3. The van der Waals surface area contributed by atoms with Crippen LogP contribution in [0, 0.1) is 29.6 Å². The molecule has 0 spiro atoms. The molecule has 0 radical (unpaired) electrons. The van der Waals surface area contributed by atoms with Gasteiger partial charge in [0.25, 0.3) is 11.7 Å². The van der Waals surface area contributed by atoms with Crippen LogP contribution in [0.3, 0.4) is 0 Å². The zero-order valence-electron chi connectivity index (χ0n) is 53.3. The number of nitrogens with one attached hydrogen (secondary N) is 1. The van der Waals surface area contributed by atoms with Gasteiger partial charge in [-0.15, -0.1) is 0 Å². The maximum Gasteiger partial charge on any atom is 0.407 e. The second kappa shape index (κ2) is 34.6. The fraction of sp³-hybridized carbons (Fsp3) is 0.723. The second-order valence-corrected chi connectivity index (χ2v) is 25.1. The van der Waals surface area contributed by atoms with Gasteiger partial charge in [0.2, 0.25) is 17.6 Å². The minimum absolute atomic E-state index is 0.0230. The highest BCUT2D eigenvalue weighted by molar-refractivity contribution is 6.39. The van der Waals surface area contributed by atoms with Gasteiger partial charge in [0, 0.05) is 115 Å². The number of nitrogens with zero attached hydrogens (tertiary/aromatic N) is 5. The SMILES string of the molecule is CCCOCCC(=O)N1CCN(c2ncc(CNC(=O)O[C@@H]3CCC(C[C@@H](N)[C@@H]4C[C@@H](O)[C@H](C)/C=C(\C)[C@@H](O)[C@@H](O)C(=O)[C@H](C)C[C@H](C)/C=C/C=C/C=C(\C)[C@@H](OC)C[C@@H]5CC[C@@H](C)[C@@](O)(O5)C(=O)C(=O)N5CCCC[C@H]5C(=O)O4)C[C@H]3OC)cn2)CC1. The Labute approximate surface area is 519 Å². The van der Waals surface area contributed by atoms with Crippen molar-refractivity contribution >= 4 is 41.4 Å². The highest BCUT2D eigenvalue weighted by atomic mass is 16.6. The molecule has 6 rings (SSSR count). The summed E-state index contributed by atoms with van der Waals surface area (Å²) >= 11 is 0. The first-order valence-corrected chi connectivity index (χ1v) is 31.9. The molecule has 16 atom stereocenters. The summed E-state index contributed by atoms with van der Waals surface area (Å²) in [5.74, 6) is -7.82. The largest absolute Gasteiger partial charge is 0.459 e. The summed E-state index contributed by atoms with van der Waals surface area (Å²) in [5.41, 5.74) is 8.78. The number of hydrogen-bond donors (Lipinski definition) is 6. The van der Waals surface area contributed by atoms with E-state index >= 15 is 0 Å². The Kier molecular flexibility index (Phi) is 28.2. The molecule has 3 amide bonds. The van der Waals surface area contributed by atoms with Gasteiger partial charge in [0.15, 0.2) is 5.78 Å². The highest BCUT2D eigenvalue weighted by Crippen LogP contribution is 2.38. The van der Waals surface area contributed by atoms with Crippen LogP contribution in [-0.2, 0) is 58.9 Å². The topological polar surface area (TPSA) is 312 Å². The van der Waals surface area contributed by atoms with Gasteiger partial charge in [-0.2, -0.15) is 0 Å². The summed E-state index contributed by atoms with van der Waals surface area (Å²) in [6.45, 7) is 15.9. The third-order valence-corrected chi connectivity index (χ3v) is 18.3. The number of allylic oxidation sites excluding steroid dienone is 5. The van der Waals surface area contributed by atoms with E-state index in [0.29, 0.717) is 109 Å². The van der Waals surface area contributed by atoms with Crippen LogP contribution in [0.25, 0.3) is 0 Å². The summed E-state index contributed by atoms with van der Waals surface area (Å²) in [6, 6.07) is -2.14. The zero-order chi connectivity index (χ0) is 64.2. The molecule has 0 aromatic carbocycles. The third kappa shape index (κ3) is 20.0. The quantitative estimate of drug-likeness (QED) is 0.0603. The average molecular weight is 1240 g/mol. The minimum atomic E-state index is -2.49. The number of Topliss-reactive ketones (excluding diaryl/α,β-unsaturated/α-hetero) is 2. The Balaban J connectivity index is 1.14. The molecule has 1 saturated carbocycles. The number of piperidine rings is 1. The van der Waals surface area contributed by atoms with Gasteiger partial charge in [-0.25, -0.2) is 19.6 Å². The van der Waals surface area contributed by atoms with Gasteiger partial charge in [0.05, 0.1) is 37.4 Å². The number of methoxy groups -OCH3 is 2. The Morgan fingerprint density at radius 2 is 1.56 bits per heavy atom. The lowest BCUT2D eigenvalue weighted by Gasteiger charge is -2.42. The molecule has 1 aliphatic carbocycles. The number of aromatic nitrogens is 2. The molecule has 492 valence electrons. The van der Waals surface area contributed by atoms with Crippen molar-refractivity contribution in [2.45, 2.75) is 212 Å². The van der Waals surface area contributed by atoms with Crippen molar-refractivity contribution < 1.29 is 77.6 Å². The van der Waals surface area contributed by atoms with Gasteiger partial charge < -0.3 is 74.6 Å². The number of esters is 1. The Bertz CT molecular complexity index is 2580. The van der Waals surface area contributed by atoms with Crippen molar-refractivity contribution in [1.29, 1.82) is 0 Å². The number of rotatable bonds is 14. The van der Waals surface area contributed by atoms with Crippen molar-refractivity contribution in [3.63, 3.8) is 0 Å². The van der Waals surface area contributed by atoms with Gasteiger partial charge >= 0.3 is 12.1 Å². The lowest BCUT2D eigenvalue weighted by Crippen LogP contribution is -2.61. The normalized spacial score (nSPS) is 34.7. The molecule has 7 N–H and O–H groups in total. The van der Waals surface area contributed by atoms with E-state index in [2.05, 4.69) is 15.3 Å². The van der Waals surface area contributed by atoms with Crippen molar-refractivity contribution in [3.8, 4) is 0 Å². The molecule has 4 aliphatic heterocycles. The lowest BCUT2D eigenvalue weighted by atomic mass is 9.80. The van der Waals surface area contributed by atoms with Gasteiger partial charge in [-0.1, -0.05) is 71.1 Å². The highest BCUT2D eigenvalue weighted by Gasteiger charge is 2.53. The van der Waals surface area contributed by atoms with Crippen LogP contribution in [-0.4, -0.2) is 202 Å². The van der Waals surface area contributed by atoms with E-state index in [9.17, 15) is 49.2 Å². The number of alkyl carbamates (subject to hydrolysis) is 1. The summed E-state index contributed by atoms with van der Waals surface area (Å²) < 4.78 is 35.6. The molecule has 23 heteroatoms. The number of hydrogen-bond acceptors (Lipinski definition) is 20. The number of ether oxygens (including phenoxy) is 6. The number of aliphatic hydroxyl groups is 4. The predicted octanol–water partition coefficient (Wildman–Crippen LogP) is 5.20. The Morgan fingerprint density at radius 1 is 0.830 bits per heavy atom. The number of carbonyl (C=O) groups excluding carboxylic acids is 6. The number of amides is 3. The van der Waals surface area contributed by atoms with Crippen LogP contribution < -0.4 is 16.0 Å². The van der Waals surface area contributed by atoms with E-state index in [4.69, 9.17) is 34.2 Å². The van der Waals surface area contributed by atoms with Crippen LogP contribution in [0.4, 0.5) is 10.7 Å². The molecule has 1 unspecified atom stereocenters. The first-order chi connectivity index (χ1) is 42.0. The van der Waals surface area contributed by atoms with Gasteiger partial charge in [-0.05, 0) is 107 Å². The molecular weight excluding hydrogens is 1130 g/mol. The average Bonchev–Trinajstić information content (AvgIpc) is 1.21. The van der Waals surface area contributed by atoms with Crippen LogP contribution in [0.1, 0.15) is 144 Å².